The first kappa shape index (κ1) is 21.8. The molecule has 0 heterocycles. The minimum absolute atomic E-state index is 0.131. The van der Waals surface area contributed by atoms with Gasteiger partial charge in [0, 0.05) is 12.6 Å². The maximum atomic E-state index is 12.2. The van der Waals surface area contributed by atoms with Crippen molar-refractivity contribution < 1.29 is 26.9 Å². The van der Waals surface area contributed by atoms with Crippen molar-refractivity contribution in [3.63, 3.8) is 0 Å². The molecule has 1 amide bonds. The summed E-state index contributed by atoms with van der Waals surface area (Å²) in [5, 5.41) is 2.81. The summed E-state index contributed by atoms with van der Waals surface area (Å²) < 4.78 is 45.4. The highest BCUT2D eigenvalue weighted by Crippen LogP contribution is 2.23. The third-order valence-corrected chi connectivity index (χ3v) is 3.39. The zero-order valence-electron chi connectivity index (χ0n) is 14.2. The van der Waals surface area contributed by atoms with Gasteiger partial charge in [0.05, 0.1) is 19.2 Å². The molecular weight excluding hydrogens is 369 g/mol. The van der Waals surface area contributed by atoms with Gasteiger partial charge >= 0.3 is 6.36 Å². The van der Waals surface area contributed by atoms with Crippen LogP contribution in [0.4, 0.5) is 13.2 Å². The number of halogens is 3. The zero-order chi connectivity index (χ0) is 19.6. The van der Waals surface area contributed by atoms with Crippen LogP contribution >= 0.6 is 12.0 Å². The highest BCUT2D eigenvalue weighted by atomic mass is 32.2. The van der Waals surface area contributed by atoms with E-state index in [4.69, 9.17) is 4.18 Å². The van der Waals surface area contributed by atoms with Crippen LogP contribution in [0.5, 0.6) is 5.75 Å². The fourth-order valence-electron chi connectivity index (χ4n) is 1.60. The number of carbonyl (C=O) groups excluding carboxylic acids is 1. The van der Waals surface area contributed by atoms with Crippen molar-refractivity contribution >= 4 is 29.2 Å². The van der Waals surface area contributed by atoms with Crippen LogP contribution in [0, 0.1) is 5.92 Å². The molecule has 0 spiro atoms. The number of alkyl halides is 3. The Morgan fingerprint density at radius 2 is 2.19 bits per heavy atom. The van der Waals surface area contributed by atoms with E-state index in [1.165, 1.54) is 43.5 Å². The third kappa shape index (κ3) is 9.28. The van der Waals surface area contributed by atoms with Crippen molar-refractivity contribution in [3.8, 4) is 5.75 Å². The molecular formula is C17H19F3N2O3S. The summed E-state index contributed by atoms with van der Waals surface area (Å²) in [5.41, 5.74) is 0.375. The largest absolute Gasteiger partial charge is 0.573 e. The van der Waals surface area contributed by atoms with Crippen LogP contribution in [0.15, 0.2) is 48.0 Å². The Bertz CT molecular complexity index is 675. The van der Waals surface area contributed by atoms with E-state index >= 15 is 0 Å². The molecule has 1 unspecified atom stereocenters. The number of hydrogen-bond donors (Lipinski definition) is 1. The van der Waals surface area contributed by atoms with E-state index in [2.05, 4.69) is 21.6 Å². The molecule has 0 aromatic heterocycles. The molecule has 0 aliphatic heterocycles. The lowest BCUT2D eigenvalue weighted by atomic mass is 10.2. The second-order valence-corrected chi connectivity index (χ2v) is 5.94. The van der Waals surface area contributed by atoms with E-state index in [1.807, 2.05) is 6.92 Å². The molecule has 142 valence electrons. The average Bonchev–Trinajstić information content (AvgIpc) is 2.56. The fraction of sp³-hybridized carbons (Fsp3) is 0.294. The molecule has 1 rings (SSSR count). The van der Waals surface area contributed by atoms with Crippen LogP contribution in [0.25, 0.3) is 6.08 Å². The molecule has 1 aromatic carbocycles. The number of aliphatic imine (C=N–C) groups is 1. The standard InChI is InChI=1S/C17H19F3N2O3S/c1-4-12(2)11-21-16(26-24-3)22-15(23)9-8-13-6-5-7-14(10-13)25-17(18,19)20/h4-10,12H,1,11H2,2-3H3,(H,21,22,23)/b9-8+. The highest BCUT2D eigenvalue weighted by Gasteiger charge is 2.31. The second kappa shape index (κ2) is 10.7. The molecule has 0 aliphatic rings. The molecule has 26 heavy (non-hydrogen) atoms. The Hall–Kier alpha value is -2.26. The van der Waals surface area contributed by atoms with Gasteiger partial charge in [-0.25, -0.2) is 0 Å². The van der Waals surface area contributed by atoms with Gasteiger partial charge in [-0.1, -0.05) is 25.1 Å². The number of amides is 1. The molecule has 0 aliphatic carbocycles. The van der Waals surface area contributed by atoms with Crippen LogP contribution in [-0.2, 0) is 8.98 Å². The Morgan fingerprint density at radius 1 is 1.46 bits per heavy atom. The number of benzene rings is 1. The van der Waals surface area contributed by atoms with Crippen LogP contribution in [0.3, 0.4) is 0 Å². The van der Waals surface area contributed by atoms with E-state index in [-0.39, 0.29) is 16.8 Å². The first-order valence-electron chi connectivity index (χ1n) is 7.46. The quantitative estimate of drug-likeness (QED) is 0.250. The van der Waals surface area contributed by atoms with Gasteiger partial charge in [0.25, 0.3) is 0 Å². The molecule has 1 aromatic rings. The van der Waals surface area contributed by atoms with Gasteiger partial charge in [0.2, 0.25) is 5.91 Å². The summed E-state index contributed by atoms with van der Waals surface area (Å²) in [6.07, 6.45) is -0.503. The Morgan fingerprint density at radius 3 is 2.81 bits per heavy atom. The number of hydrogen-bond acceptors (Lipinski definition) is 5. The predicted octanol–water partition coefficient (Wildman–Crippen LogP) is 4.19. The van der Waals surface area contributed by atoms with Crippen LogP contribution in [0.2, 0.25) is 0 Å². The highest BCUT2D eigenvalue weighted by molar-refractivity contribution is 8.09. The van der Waals surface area contributed by atoms with Crippen molar-refractivity contribution in [1.82, 2.24) is 5.32 Å². The first-order valence-corrected chi connectivity index (χ1v) is 8.20. The third-order valence-electron chi connectivity index (χ3n) is 2.84. The maximum Gasteiger partial charge on any atom is 0.573 e. The van der Waals surface area contributed by atoms with Gasteiger partial charge in [-0.2, -0.15) is 0 Å². The Labute approximate surface area is 154 Å². The smallest absolute Gasteiger partial charge is 0.406 e. The Balaban J connectivity index is 2.73. The van der Waals surface area contributed by atoms with Crippen LogP contribution in [-0.4, -0.2) is 31.1 Å². The number of rotatable bonds is 7. The fourth-order valence-corrected chi connectivity index (χ4v) is 2.03. The number of ether oxygens (including phenoxy) is 1. The van der Waals surface area contributed by atoms with Crippen molar-refractivity contribution in [1.29, 1.82) is 0 Å². The molecule has 0 fully saturated rings. The second-order valence-electron chi connectivity index (χ2n) is 5.05. The van der Waals surface area contributed by atoms with E-state index in [9.17, 15) is 18.0 Å². The lowest BCUT2D eigenvalue weighted by Gasteiger charge is -2.09. The molecule has 1 N–H and O–H groups in total. The van der Waals surface area contributed by atoms with E-state index in [1.54, 1.807) is 6.08 Å². The normalized spacial score (nSPS) is 13.5. The van der Waals surface area contributed by atoms with Crippen molar-refractivity contribution in [3.05, 3.63) is 48.6 Å². The monoisotopic (exact) mass is 388 g/mol. The predicted molar refractivity (Wildman–Crippen MR) is 96.6 cm³/mol. The molecule has 0 radical (unpaired) electrons. The molecule has 0 bridgehead atoms. The lowest BCUT2D eigenvalue weighted by Crippen LogP contribution is -2.27. The molecule has 5 nitrogen and oxygen atoms in total. The average molecular weight is 388 g/mol. The van der Waals surface area contributed by atoms with Crippen molar-refractivity contribution in [2.75, 3.05) is 13.7 Å². The summed E-state index contributed by atoms with van der Waals surface area (Å²) in [6.45, 7) is 6.00. The Kier molecular flexibility index (Phi) is 8.94. The summed E-state index contributed by atoms with van der Waals surface area (Å²) in [4.78, 5) is 16.2. The minimum atomic E-state index is -4.77. The molecule has 9 heteroatoms. The van der Waals surface area contributed by atoms with Crippen LogP contribution < -0.4 is 10.1 Å². The number of amidine groups is 1. The summed E-state index contributed by atoms with van der Waals surface area (Å²) in [6, 6.07) is 5.27. The summed E-state index contributed by atoms with van der Waals surface area (Å²) in [7, 11) is 1.44. The van der Waals surface area contributed by atoms with Gasteiger partial charge in [0.15, 0.2) is 5.17 Å². The lowest BCUT2D eigenvalue weighted by molar-refractivity contribution is -0.274. The van der Waals surface area contributed by atoms with Gasteiger partial charge < -0.3 is 8.92 Å². The SMILES string of the molecule is C=CC(C)CN=C(NC(=O)/C=C/c1cccc(OC(F)(F)F)c1)SOC. The zero-order valence-corrected chi connectivity index (χ0v) is 15.1. The topological polar surface area (TPSA) is 59.9 Å². The molecule has 1 atom stereocenters. The van der Waals surface area contributed by atoms with Gasteiger partial charge in [-0.3, -0.25) is 15.1 Å². The maximum absolute atomic E-state index is 12.2. The van der Waals surface area contributed by atoms with Crippen molar-refractivity contribution in [2.45, 2.75) is 13.3 Å². The van der Waals surface area contributed by atoms with E-state index in [0.717, 1.165) is 12.0 Å². The van der Waals surface area contributed by atoms with Gasteiger partial charge in [-0.05, 0) is 29.7 Å². The van der Waals surface area contributed by atoms with Gasteiger partial charge in [0.1, 0.15) is 5.75 Å². The van der Waals surface area contributed by atoms with Crippen molar-refractivity contribution in [2.24, 2.45) is 10.9 Å². The first-order chi connectivity index (χ1) is 12.2. The summed E-state index contributed by atoms with van der Waals surface area (Å²) >= 11 is 0.893. The van der Waals surface area contributed by atoms with E-state index < -0.39 is 12.3 Å². The molecule has 0 saturated heterocycles. The van der Waals surface area contributed by atoms with Crippen LogP contribution in [0.1, 0.15) is 12.5 Å². The number of nitrogens with zero attached hydrogens (tertiary/aromatic N) is 1. The van der Waals surface area contributed by atoms with Gasteiger partial charge in [-0.15, -0.1) is 19.8 Å². The number of carbonyl (C=O) groups is 1. The molecule has 0 saturated carbocycles. The minimum Gasteiger partial charge on any atom is -0.406 e. The summed E-state index contributed by atoms with van der Waals surface area (Å²) in [5.74, 6) is -0.733. The van der Waals surface area contributed by atoms with E-state index in [0.29, 0.717) is 12.1 Å². The number of nitrogens with one attached hydrogen (secondary N) is 1.